The number of carboxylic acid groups (broad SMARTS) is 1. The van der Waals surface area contributed by atoms with Gasteiger partial charge in [0.15, 0.2) is 11.5 Å². The molecule has 4 heteroatoms. The van der Waals surface area contributed by atoms with Crippen LogP contribution >= 0.6 is 0 Å². The van der Waals surface area contributed by atoms with Crippen LogP contribution in [0.4, 0.5) is 0 Å². The largest absolute Gasteiger partial charge is 0.504 e. The fourth-order valence-electron chi connectivity index (χ4n) is 2.42. The summed E-state index contributed by atoms with van der Waals surface area (Å²) in [6, 6.07) is 7.36. The molecule has 2 aromatic rings. The van der Waals surface area contributed by atoms with Gasteiger partial charge in [0.2, 0.25) is 0 Å². The standard InChI is InChI=1S/C17H18O4/c1-10(2)12-5-4-6-13-11(7-8-15(18)19)9-14(21-3)17(20)16(12)13/h4-10,20H,1-3H3,(H,18,19)/b8-7+. The van der Waals surface area contributed by atoms with Crippen LogP contribution in [0.3, 0.4) is 0 Å². The molecular formula is C17H18O4. The van der Waals surface area contributed by atoms with Crippen molar-refractivity contribution in [2.45, 2.75) is 19.8 Å². The maximum atomic E-state index is 10.7. The van der Waals surface area contributed by atoms with E-state index in [2.05, 4.69) is 0 Å². The summed E-state index contributed by atoms with van der Waals surface area (Å²) in [5.41, 5.74) is 1.69. The second kappa shape index (κ2) is 5.87. The summed E-state index contributed by atoms with van der Waals surface area (Å²) in [5.74, 6) is -0.372. The number of carboxylic acids is 1. The van der Waals surface area contributed by atoms with Crippen molar-refractivity contribution in [3.8, 4) is 11.5 Å². The molecule has 0 aliphatic heterocycles. The number of aromatic hydroxyl groups is 1. The Bertz CT molecular complexity index is 714. The number of benzene rings is 2. The first-order valence-electron chi connectivity index (χ1n) is 6.69. The predicted molar refractivity (Wildman–Crippen MR) is 82.9 cm³/mol. The summed E-state index contributed by atoms with van der Waals surface area (Å²) in [5, 5.41) is 20.7. The van der Waals surface area contributed by atoms with Crippen LogP contribution in [-0.2, 0) is 4.79 Å². The quantitative estimate of drug-likeness (QED) is 0.839. The van der Waals surface area contributed by atoms with Crippen LogP contribution in [0.15, 0.2) is 30.3 Å². The van der Waals surface area contributed by atoms with E-state index in [1.54, 1.807) is 6.07 Å². The molecule has 2 aromatic carbocycles. The molecule has 21 heavy (non-hydrogen) atoms. The summed E-state index contributed by atoms with van der Waals surface area (Å²) < 4.78 is 5.20. The van der Waals surface area contributed by atoms with Gasteiger partial charge in [-0.1, -0.05) is 32.0 Å². The summed E-state index contributed by atoms with van der Waals surface area (Å²) in [7, 11) is 1.48. The lowest BCUT2D eigenvalue weighted by atomic mass is 9.92. The summed E-state index contributed by atoms with van der Waals surface area (Å²) in [6.07, 6.45) is 2.59. The van der Waals surface area contributed by atoms with Crippen molar-refractivity contribution in [2.24, 2.45) is 0 Å². The zero-order valence-electron chi connectivity index (χ0n) is 12.3. The Hall–Kier alpha value is -2.49. The van der Waals surface area contributed by atoms with Crippen LogP contribution in [0.2, 0.25) is 0 Å². The number of ether oxygens (including phenoxy) is 1. The smallest absolute Gasteiger partial charge is 0.328 e. The minimum absolute atomic E-state index is 0.0873. The van der Waals surface area contributed by atoms with Crippen LogP contribution in [-0.4, -0.2) is 23.3 Å². The summed E-state index contributed by atoms with van der Waals surface area (Å²) in [6.45, 7) is 4.08. The van der Waals surface area contributed by atoms with Crippen molar-refractivity contribution in [3.63, 3.8) is 0 Å². The zero-order valence-corrected chi connectivity index (χ0v) is 12.3. The van der Waals surface area contributed by atoms with Crippen LogP contribution in [0.1, 0.15) is 30.9 Å². The maximum absolute atomic E-state index is 10.7. The van der Waals surface area contributed by atoms with Crippen molar-refractivity contribution in [2.75, 3.05) is 7.11 Å². The lowest BCUT2D eigenvalue weighted by Crippen LogP contribution is -1.94. The monoisotopic (exact) mass is 286 g/mol. The Kier molecular flexibility index (Phi) is 4.17. The fraction of sp³-hybridized carbons (Fsp3) is 0.235. The van der Waals surface area contributed by atoms with Crippen molar-refractivity contribution < 1.29 is 19.7 Å². The van der Waals surface area contributed by atoms with E-state index in [0.717, 1.165) is 17.0 Å². The number of aliphatic carboxylic acids is 1. The third-order valence-corrected chi connectivity index (χ3v) is 3.41. The van der Waals surface area contributed by atoms with Gasteiger partial charge in [-0.3, -0.25) is 0 Å². The molecule has 0 heterocycles. The summed E-state index contributed by atoms with van der Waals surface area (Å²) >= 11 is 0. The Morgan fingerprint density at radius 2 is 2.05 bits per heavy atom. The first-order chi connectivity index (χ1) is 9.95. The topological polar surface area (TPSA) is 66.8 Å². The molecule has 2 N–H and O–H groups in total. The molecule has 0 aliphatic rings. The number of phenolic OH excluding ortho intramolecular Hbond substituents is 1. The maximum Gasteiger partial charge on any atom is 0.328 e. The molecule has 0 unspecified atom stereocenters. The highest BCUT2D eigenvalue weighted by Gasteiger charge is 2.15. The van der Waals surface area contributed by atoms with E-state index in [4.69, 9.17) is 9.84 Å². The molecule has 0 aliphatic carbocycles. The second-order valence-electron chi connectivity index (χ2n) is 5.11. The molecule has 2 rings (SSSR count). The van der Waals surface area contributed by atoms with E-state index >= 15 is 0 Å². The first-order valence-corrected chi connectivity index (χ1v) is 6.69. The van der Waals surface area contributed by atoms with Crippen LogP contribution < -0.4 is 4.74 Å². The minimum Gasteiger partial charge on any atom is -0.504 e. The molecule has 0 atom stereocenters. The summed E-state index contributed by atoms with van der Waals surface area (Å²) in [4.78, 5) is 10.7. The van der Waals surface area contributed by atoms with Gasteiger partial charge in [0.1, 0.15) is 0 Å². The highest BCUT2D eigenvalue weighted by atomic mass is 16.5. The molecule has 4 nitrogen and oxygen atoms in total. The lowest BCUT2D eigenvalue weighted by Gasteiger charge is -2.15. The van der Waals surface area contributed by atoms with Crippen molar-refractivity contribution in [3.05, 3.63) is 41.5 Å². The fourth-order valence-corrected chi connectivity index (χ4v) is 2.42. The van der Waals surface area contributed by atoms with Gasteiger partial charge in [0, 0.05) is 11.5 Å². The average molecular weight is 286 g/mol. The van der Waals surface area contributed by atoms with Crippen molar-refractivity contribution in [1.82, 2.24) is 0 Å². The second-order valence-corrected chi connectivity index (χ2v) is 5.11. The molecular weight excluding hydrogens is 268 g/mol. The highest BCUT2D eigenvalue weighted by molar-refractivity contribution is 6.00. The Balaban J connectivity index is 2.84. The molecule has 0 spiro atoms. The van der Waals surface area contributed by atoms with Gasteiger partial charge in [-0.15, -0.1) is 0 Å². The van der Waals surface area contributed by atoms with Crippen molar-refractivity contribution in [1.29, 1.82) is 0 Å². The third kappa shape index (κ3) is 2.84. The van der Waals surface area contributed by atoms with E-state index in [0.29, 0.717) is 16.7 Å². The number of rotatable bonds is 4. The van der Waals surface area contributed by atoms with E-state index in [1.165, 1.54) is 13.2 Å². The zero-order chi connectivity index (χ0) is 15.6. The number of phenols is 1. The van der Waals surface area contributed by atoms with E-state index in [1.807, 2.05) is 32.0 Å². The molecule has 0 saturated carbocycles. The van der Waals surface area contributed by atoms with Gasteiger partial charge in [-0.2, -0.15) is 0 Å². The van der Waals surface area contributed by atoms with Crippen molar-refractivity contribution >= 4 is 22.8 Å². The van der Waals surface area contributed by atoms with Gasteiger partial charge in [-0.05, 0) is 34.6 Å². The van der Waals surface area contributed by atoms with Crippen LogP contribution in [0.5, 0.6) is 11.5 Å². The number of carbonyl (C=O) groups is 1. The number of hydrogen-bond acceptors (Lipinski definition) is 3. The van der Waals surface area contributed by atoms with Gasteiger partial charge in [-0.25, -0.2) is 4.79 Å². The third-order valence-electron chi connectivity index (χ3n) is 3.41. The van der Waals surface area contributed by atoms with Gasteiger partial charge in [0.25, 0.3) is 0 Å². The number of fused-ring (bicyclic) bond motifs is 1. The number of methoxy groups -OCH3 is 1. The molecule has 0 radical (unpaired) electrons. The Morgan fingerprint density at radius 3 is 2.62 bits per heavy atom. The normalized spacial score (nSPS) is 11.4. The highest BCUT2D eigenvalue weighted by Crippen LogP contribution is 2.41. The van der Waals surface area contributed by atoms with E-state index < -0.39 is 5.97 Å². The Labute approximate surface area is 123 Å². The molecule has 110 valence electrons. The number of hydrogen-bond donors (Lipinski definition) is 2. The van der Waals surface area contributed by atoms with E-state index in [-0.39, 0.29) is 11.7 Å². The minimum atomic E-state index is -1.02. The molecule has 0 saturated heterocycles. The van der Waals surface area contributed by atoms with Gasteiger partial charge >= 0.3 is 5.97 Å². The Morgan fingerprint density at radius 1 is 1.33 bits per heavy atom. The van der Waals surface area contributed by atoms with Gasteiger partial charge < -0.3 is 14.9 Å². The van der Waals surface area contributed by atoms with E-state index in [9.17, 15) is 9.90 Å². The first kappa shape index (κ1) is 14.9. The predicted octanol–water partition coefficient (Wildman–Crippen LogP) is 3.78. The average Bonchev–Trinajstić information content (AvgIpc) is 2.45. The van der Waals surface area contributed by atoms with Crippen LogP contribution in [0, 0.1) is 0 Å². The molecule has 0 aromatic heterocycles. The molecule has 0 amide bonds. The molecule has 0 fully saturated rings. The lowest BCUT2D eigenvalue weighted by molar-refractivity contribution is -0.131. The molecule has 0 bridgehead atoms. The SMILES string of the molecule is COc1cc(/C=C/C(=O)O)c2cccc(C(C)C)c2c1O. The van der Waals surface area contributed by atoms with Crippen LogP contribution in [0.25, 0.3) is 16.8 Å². The van der Waals surface area contributed by atoms with Gasteiger partial charge in [0.05, 0.1) is 7.11 Å².